The molecule has 78 valence electrons. The van der Waals surface area contributed by atoms with Gasteiger partial charge in [0.15, 0.2) is 0 Å². The Morgan fingerprint density at radius 2 is 1.54 bits per heavy atom. The third kappa shape index (κ3) is 2.68. The van der Waals surface area contributed by atoms with Crippen molar-refractivity contribution >= 4 is 0 Å². The topological polar surface area (TPSA) is 12.5 Å². The summed E-state index contributed by atoms with van der Waals surface area (Å²) in [5.74, 6) is 0. The van der Waals surface area contributed by atoms with E-state index in [4.69, 9.17) is 4.74 Å². The van der Waals surface area contributed by atoms with E-state index in [0.717, 1.165) is 13.1 Å². The molecule has 2 rings (SSSR count). The molecular formula is C11H23NO. The first-order chi connectivity index (χ1) is 6.25. The molecule has 2 aliphatic rings. The van der Waals surface area contributed by atoms with E-state index in [1.54, 1.807) is 0 Å². The molecular weight excluding hydrogens is 162 g/mol. The lowest BCUT2D eigenvalue weighted by Gasteiger charge is -2.34. The number of morpholine rings is 1. The van der Waals surface area contributed by atoms with Crippen LogP contribution in [0.1, 0.15) is 40.5 Å². The Kier molecular flexibility index (Phi) is 4.20. The molecule has 2 fully saturated rings. The minimum Gasteiger partial charge on any atom is -0.372 e. The Balaban J connectivity index is 0.000000396. The van der Waals surface area contributed by atoms with Gasteiger partial charge in [0.25, 0.3) is 0 Å². The third-order valence-electron chi connectivity index (χ3n) is 2.80. The van der Waals surface area contributed by atoms with Crippen molar-refractivity contribution in [3.63, 3.8) is 0 Å². The quantitative estimate of drug-likeness (QED) is 0.621. The number of fused-ring (bicyclic) bond motifs is 2. The monoisotopic (exact) mass is 185 g/mol. The number of ether oxygens (including phenoxy) is 1. The fraction of sp³-hybridized carbons (Fsp3) is 1.00. The van der Waals surface area contributed by atoms with Crippen LogP contribution in [0.3, 0.4) is 0 Å². The maximum Gasteiger partial charge on any atom is 0.0707 e. The molecule has 2 heterocycles. The second-order valence-electron chi connectivity index (χ2n) is 4.01. The Morgan fingerprint density at radius 1 is 1.08 bits per heavy atom. The van der Waals surface area contributed by atoms with Gasteiger partial charge in [-0.05, 0) is 26.7 Å². The van der Waals surface area contributed by atoms with Crippen LogP contribution < -0.4 is 0 Å². The second-order valence-corrected chi connectivity index (χ2v) is 4.01. The predicted octanol–water partition coefficient (Wildman–Crippen LogP) is 2.28. The molecule has 13 heavy (non-hydrogen) atoms. The predicted molar refractivity (Wildman–Crippen MR) is 56.0 cm³/mol. The van der Waals surface area contributed by atoms with Gasteiger partial charge in [-0.3, -0.25) is 4.90 Å². The normalized spacial score (nSPS) is 33.0. The van der Waals surface area contributed by atoms with E-state index in [-0.39, 0.29) is 0 Å². The summed E-state index contributed by atoms with van der Waals surface area (Å²) in [7, 11) is 0. The lowest BCUT2D eigenvalue weighted by Crippen LogP contribution is -2.45. The average Bonchev–Trinajstić information content (AvgIpc) is 2.48. The number of rotatable bonds is 1. The highest BCUT2D eigenvalue weighted by Crippen LogP contribution is 2.26. The van der Waals surface area contributed by atoms with Crippen molar-refractivity contribution in [1.82, 2.24) is 4.90 Å². The first-order valence-corrected chi connectivity index (χ1v) is 5.65. The van der Waals surface area contributed by atoms with Gasteiger partial charge in [-0.1, -0.05) is 13.8 Å². The Labute approximate surface area is 82.3 Å². The van der Waals surface area contributed by atoms with Gasteiger partial charge < -0.3 is 4.74 Å². The number of hydrogen-bond acceptors (Lipinski definition) is 2. The van der Waals surface area contributed by atoms with Crippen LogP contribution in [0.25, 0.3) is 0 Å². The number of likely N-dealkylation sites (tertiary alicyclic amines) is 1. The molecule has 2 unspecified atom stereocenters. The van der Waals surface area contributed by atoms with Crippen LogP contribution >= 0.6 is 0 Å². The largest absolute Gasteiger partial charge is 0.372 e. The average molecular weight is 185 g/mol. The zero-order valence-corrected chi connectivity index (χ0v) is 9.42. The van der Waals surface area contributed by atoms with Gasteiger partial charge in [0.05, 0.1) is 12.2 Å². The lowest BCUT2D eigenvalue weighted by molar-refractivity contribution is -0.0480. The molecule has 2 saturated heterocycles. The van der Waals surface area contributed by atoms with Crippen LogP contribution in [0.15, 0.2) is 0 Å². The summed E-state index contributed by atoms with van der Waals surface area (Å²) in [5.41, 5.74) is 0. The first-order valence-electron chi connectivity index (χ1n) is 5.65. The van der Waals surface area contributed by atoms with Crippen molar-refractivity contribution in [3.05, 3.63) is 0 Å². The van der Waals surface area contributed by atoms with Gasteiger partial charge in [-0.25, -0.2) is 0 Å². The molecule has 0 amide bonds. The second kappa shape index (κ2) is 4.97. The third-order valence-corrected chi connectivity index (χ3v) is 2.80. The van der Waals surface area contributed by atoms with E-state index >= 15 is 0 Å². The summed E-state index contributed by atoms with van der Waals surface area (Å²) < 4.78 is 5.74. The van der Waals surface area contributed by atoms with E-state index in [0.29, 0.717) is 18.2 Å². The maximum absolute atomic E-state index is 5.74. The van der Waals surface area contributed by atoms with Crippen LogP contribution in [-0.4, -0.2) is 36.2 Å². The Hall–Kier alpha value is -0.0800. The van der Waals surface area contributed by atoms with E-state index in [1.807, 2.05) is 13.8 Å². The molecule has 0 aliphatic carbocycles. The molecule has 0 radical (unpaired) electrons. The van der Waals surface area contributed by atoms with Crippen molar-refractivity contribution < 1.29 is 4.74 Å². The van der Waals surface area contributed by atoms with Crippen LogP contribution in [-0.2, 0) is 4.74 Å². The minimum atomic E-state index is 0.552. The zero-order chi connectivity index (χ0) is 9.84. The van der Waals surface area contributed by atoms with Crippen LogP contribution in [0.4, 0.5) is 0 Å². The van der Waals surface area contributed by atoms with E-state index in [9.17, 15) is 0 Å². The van der Waals surface area contributed by atoms with Crippen LogP contribution in [0, 0.1) is 0 Å². The molecule has 0 aromatic heterocycles. The van der Waals surface area contributed by atoms with Gasteiger partial charge in [-0.15, -0.1) is 0 Å². The summed E-state index contributed by atoms with van der Waals surface area (Å²) in [5, 5.41) is 0. The maximum atomic E-state index is 5.74. The van der Waals surface area contributed by atoms with Crippen LogP contribution in [0.2, 0.25) is 0 Å². The highest BCUT2D eigenvalue weighted by molar-refractivity contribution is 4.85. The molecule has 2 aliphatic heterocycles. The summed E-state index contributed by atoms with van der Waals surface area (Å²) in [4.78, 5) is 2.53. The van der Waals surface area contributed by atoms with Crippen molar-refractivity contribution in [3.8, 4) is 0 Å². The molecule has 0 aromatic carbocycles. The number of nitrogens with zero attached hydrogens (tertiary/aromatic N) is 1. The molecule has 2 atom stereocenters. The van der Waals surface area contributed by atoms with E-state index in [2.05, 4.69) is 18.7 Å². The highest BCUT2D eigenvalue weighted by Gasteiger charge is 2.34. The van der Waals surface area contributed by atoms with E-state index in [1.165, 1.54) is 12.8 Å². The fourth-order valence-electron chi connectivity index (χ4n) is 2.07. The van der Waals surface area contributed by atoms with Crippen molar-refractivity contribution in [2.75, 3.05) is 13.1 Å². The number of hydrogen-bond donors (Lipinski definition) is 0. The summed E-state index contributed by atoms with van der Waals surface area (Å²) in [6, 6.07) is 0.696. The Morgan fingerprint density at radius 3 is 1.92 bits per heavy atom. The van der Waals surface area contributed by atoms with Crippen molar-refractivity contribution in [2.24, 2.45) is 0 Å². The highest BCUT2D eigenvalue weighted by atomic mass is 16.5. The smallest absolute Gasteiger partial charge is 0.0707 e. The van der Waals surface area contributed by atoms with Gasteiger partial charge in [0.1, 0.15) is 0 Å². The molecule has 2 bridgehead atoms. The molecule has 0 spiro atoms. The summed E-state index contributed by atoms with van der Waals surface area (Å²) in [6.07, 6.45) is 3.68. The molecule has 2 nitrogen and oxygen atoms in total. The van der Waals surface area contributed by atoms with Gasteiger partial charge in [0, 0.05) is 19.1 Å². The first kappa shape index (κ1) is 11.0. The molecule has 0 N–H and O–H groups in total. The summed E-state index contributed by atoms with van der Waals surface area (Å²) >= 11 is 0. The van der Waals surface area contributed by atoms with Gasteiger partial charge in [-0.2, -0.15) is 0 Å². The van der Waals surface area contributed by atoms with Crippen molar-refractivity contribution in [1.29, 1.82) is 0 Å². The molecule has 0 aromatic rings. The van der Waals surface area contributed by atoms with E-state index < -0.39 is 0 Å². The van der Waals surface area contributed by atoms with Gasteiger partial charge >= 0.3 is 0 Å². The van der Waals surface area contributed by atoms with Crippen LogP contribution in [0.5, 0.6) is 0 Å². The zero-order valence-electron chi connectivity index (χ0n) is 9.42. The van der Waals surface area contributed by atoms with Crippen molar-refractivity contribution in [2.45, 2.75) is 58.8 Å². The Bertz CT molecular complexity index is 135. The minimum absolute atomic E-state index is 0.552. The SMILES string of the molecule is CC.CC(C)N1CC2CCC(C1)O2. The van der Waals surface area contributed by atoms with Gasteiger partial charge in [0.2, 0.25) is 0 Å². The molecule has 2 heteroatoms. The lowest BCUT2D eigenvalue weighted by atomic mass is 10.2. The fourth-order valence-corrected chi connectivity index (χ4v) is 2.07. The summed E-state index contributed by atoms with van der Waals surface area (Å²) in [6.45, 7) is 10.9. The molecule has 0 saturated carbocycles. The standard InChI is InChI=1S/C9H17NO.C2H6/c1-7(2)10-5-8-3-4-9(6-10)11-8;1-2/h7-9H,3-6H2,1-2H3;1-2H3.